The molecule has 2 nitrogen and oxygen atoms in total. The maximum atomic E-state index is 12.8. The molecule has 0 bridgehead atoms. The van der Waals surface area contributed by atoms with Crippen LogP contribution >= 0.6 is 0 Å². The standard InChI is InChI=1S/C14H17FN2/c15-13-7-6-11(9-17-13)12-5-1-3-10-4-2-8-16-14(10)12/h5-7,9-10,14,16H,1-4,8H2/t10-,14+/m1/s1. The van der Waals surface area contributed by atoms with Crippen molar-refractivity contribution in [3.8, 4) is 0 Å². The number of nitrogens with zero attached hydrogens (tertiary/aromatic N) is 1. The Morgan fingerprint density at radius 3 is 3.06 bits per heavy atom. The highest BCUT2D eigenvalue weighted by Crippen LogP contribution is 2.35. The molecule has 2 atom stereocenters. The van der Waals surface area contributed by atoms with Crippen LogP contribution in [-0.4, -0.2) is 17.6 Å². The van der Waals surface area contributed by atoms with E-state index in [0.717, 1.165) is 24.4 Å². The Labute approximate surface area is 101 Å². The molecule has 1 saturated heterocycles. The highest BCUT2D eigenvalue weighted by molar-refractivity contribution is 5.70. The van der Waals surface area contributed by atoms with Crippen molar-refractivity contribution in [2.45, 2.75) is 31.7 Å². The number of rotatable bonds is 1. The van der Waals surface area contributed by atoms with Crippen molar-refractivity contribution in [2.24, 2.45) is 5.92 Å². The van der Waals surface area contributed by atoms with Gasteiger partial charge in [-0.05, 0) is 61.4 Å². The van der Waals surface area contributed by atoms with E-state index in [1.54, 1.807) is 6.20 Å². The second kappa shape index (κ2) is 4.57. The third-order valence-electron chi connectivity index (χ3n) is 3.88. The van der Waals surface area contributed by atoms with Gasteiger partial charge in [0.1, 0.15) is 0 Å². The van der Waals surface area contributed by atoms with E-state index in [4.69, 9.17) is 0 Å². The van der Waals surface area contributed by atoms with Gasteiger partial charge < -0.3 is 5.32 Å². The smallest absolute Gasteiger partial charge is 0.212 e. The molecule has 2 aliphatic rings. The van der Waals surface area contributed by atoms with Crippen molar-refractivity contribution in [1.82, 2.24) is 10.3 Å². The van der Waals surface area contributed by atoms with Crippen LogP contribution in [0.5, 0.6) is 0 Å². The molecule has 1 aliphatic carbocycles. The van der Waals surface area contributed by atoms with Gasteiger partial charge in [0.25, 0.3) is 0 Å². The Kier molecular flexibility index (Phi) is 2.93. The van der Waals surface area contributed by atoms with E-state index in [-0.39, 0.29) is 0 Å². The molecule has 90 valence electrons. The monoisotopic (exact) mass is 232 g/mol. The van der Waals surface area contributed by atoms with Gasteiger partial charge in [-0.2, -0.15) is 4.39 Å². The van der Waals surface area contributed by atoms with Crippen molar-refractivity contribution in [3.63, 3.8) is 0 Å². The van der Waals surface area contributed by atoms with Crippen LogP contribution in [0.3, 0.4) is 0 Å². The largest absolute Gasteiger partial charge is 0.310 e. The molecule has 1 aliphatic heterocycles. The summed E-state index contributed by atoms with van der Waals surface area (Å²) in [6.45, 7) is 1.09. The average molecular weight is 232 g/mol. The third-order valence-corrected chi connectivity index (χ3v) is 3.88. The molecule has 0 unspecified atom stereocenters. The molecule has 3 heteroatoms. The molecular formula is C14H17FN2. The quantitative estimate of drug-likeness (QED) is 0.753. The molecule has 1 fully saturated rings. The predicted octanol–water partition coefficient (Wildman–Crippen LogP) is 2.77. The second-order valence-electron chi connectivity index (χ2n) is 4.94. The summed E-state index contributed by atoms with van der Waals surface area (Å²) in [6.07, 6.45) is 8.93. The lowest BCUT2D eigenvalue weighted by Gasteiger charge is -2.37. The van der Waals surface area contributed by atoms with E-state index in [0.29, 0.717) is 6.04 Å². The fourth-order valence-corrected chi connectivity index (χ4v) is 3.05. The number of halogens is 1. The summed E-state index contributed by atoms with van der Waals surface area (Å²) in [5, 5.41) is 3.59. The molecule has 0 radical (unpaired) electrons. The summed E-state index contributed by atoms with van der Waals surface area (Å²) in [5.41, 5.74) is 2.38. The minimum absolute atomic E-state index is 0.404. The number of piperidine rings is 1. The summed E-state index contributed by atoms with van der Waals surface area (Å²) in [7, 11) is 0. The van der Waals surface area contributed by atoms with Crippen molar-refractivity contribution in [2.75, 3.05) is 6.54 Å². The Morgan fingerprint density at radius 1 is 1.29 bits per heavy atom. The highest BCUT2D eigenvalue weighted by atomic mass is 19.1. The van der Waals surface area contributed by atoms with Crippen molar-refractivity contribution < 1.29 is 4.39 Å². The molecule has 1 N–H and O–H groups in total. The number of hydrogen-bond donors (Lipinski definition) is 1. The zero-order valence-electron chi connectivity index (χ0n) is 9.82. The molecule has 17 heavy (non-hydrogen) atoms. The Hall–Kier alpha value is -1.22. The van der Waals surface area contributed by atoms with Crippen LogP contribution in [0.15, 0.2) is 24.4 Å². The van der Waals surface area contributed by atoms with Gasteiger partial charge in [-0.3, -0.25) is 0 Å². The summed E-state index contributed by atoms with van der Waals surface area (Å²) in [4.78, 5) is 3.76. The number of hydrogen-bond acceptors (Lipinski definition) is 2. The summed E-state index contributed by atoms with van der Waals surface area (Å²) in [6, 6.07) is 3.74. The van der Waals surface area contributed by atoms with Crippen molar-refractivity contribution >= 4 is 5.57 Å². The number of fused-ring (bicyclic) bond motifs is 1. The van der Waals surface area contributed by atoms with Gasteiger partial charge in [0.2, 0.25) is 5.95 Å². The van der Waals surface area contributed by atoms with Crippen LogP contribution in [0.1, 0.15) is 31.2 Å². The summed E-state index contributed by atoms with van der Waals surface area (Å²) in [5.74, 6) is 0.340. The van der Waals surface area contributed by atoms with Crippen LogP contribution < -0.4 is 5.32 Å². The van der Waals surface area contributed by atoms with Gasteiger partial charge in [-0.15, -0.1) is 0 Å². The van der Waals surface area contributed by atoms with Crippen LogP contribution in [0.2, 0.25) is 0 Å². The number of aromatic nitrogens is 1. The molecule has 1 aromatic heterocycles. The van der Waals surface area contributed by atoms with E-state index in [2.05, 4.69) is 16.4 Å². The maximum Gasteiger partial charge on any atom is 0.212 e. The molecule has 2 heterocycles. The van der Waals surface area contributed by atoms with Crippen LogP contribution in [-0.2, 0) is 0 Å². The Bertz CT molecular complexity index is 424. The first-order chi connectivity index (χ1) is 8.34. The molecule has 0 saturated carbocycles. The fourth-order valence-electron chi connectivity index (χ4n) is 3.05. The first-order valence-electron chi connectivity index (χ1n) is 6.40. The van der Waals surface area contributed by atoms with Gasteiger partial charge in [-0.1, -0.05) is 6.08 Å². The maximum absolute atomic E-state index is 12.8. The van der Waals surface area contributed by atoms with E-state index in [1.165, 1.54) is 30.9 Å². The number of allylic oxidation sites excluding steroid dienone is 1. The van der Waals surface area contributed by atoms with Crippen molar-refractivity contribution in [1.29, 1.82) is 0 Å². The van der Waals surface area contributed by atoms with Gasteiger partial charge in [0.05, 0.1) is 0 Å². The predicted molar refractivity (Wildman–Crippen MR) is 65.9 cm³/mol. The van der Waals surface area contributed by atoms with E-state index in [1.807, 2.05) is 6.07 Å². The molecule has 1 aromatic rings. The van der Waals surface area contributed by atoms with Crippen LogP contribution in [0, 0.1) is 11.9 Å². The van der Waals surface area contributed by atoms with Crippen LogP contribution in [0.4, 0.5) is 4.39 Å². The lowest BCUT2D eigenvalue weighted by molar-refractivity contribution is 0.304. The molecule has 0 aromatic carbocycles. The van der Waals surface area contributed by atoms with E-state index in [9.17, 15) is 4.39 Å². The lowest BCUT2D eigenvalue weighted by Crippen LogP contribution is -2.43. The molecule has 0 spiro atoms. The molecule has 0 amide bonds. The lowest BCUT2D eigenvalue weighted by atomic mass is 9.77. The van der Waals surface area contributed by atoms with E-state index < -0.39 is 5.95 Å². The highest BCUT2D eigenvalue weighted by Gasteiger charge is 2.30. The average Bonchev–Trinajstić information content (AvgIpc) is 2.39. The van der Waals surface area contributed by atoms with Gasteiger partial charge in [-0.25, -0.2) is 4.98 Å². The van der Waals surface area contributed by atoms with E-state index >= 15 is 0 Å². The van der Waals surface area contributed by atoms with Crippen LogP contribution in [0.25, 0.3) is 5.57 Å². The normalized spacial score (nSPS) is 28.4. The van der Waals surface area contributed by atoms with Gasteiger partial charge >= 0.3 is 0 Å². The minimum atomic E-state index is -0.404. The van der Waals surface area contributed by atoms with Gasteiger partial charge in [0, 0.05) is 12.2 Å². The molecule has 3 rings (SSSR count). The van der Waals surface area contributed by atoms with Gasteiger partial charge in [0.15, 0.2) is 0 Å². The topological polar surface area (TPSA) is 24.9 Å². The zero-order chi connectivity index (χ0) is 11.7. The second-order valence-corrected chi connectivity index (χ2v) is 4.94. The first-order valence-corrected chi connectivity index (χ1v) is 6.40. The summed E-state index contributed by atoms with van der Waals surface area (Å²) >= 11 is 0. The summed E-state index contributed by atoms with van der Waals surface area (Å²) < 4.78 is 12.8. The molecular weight excluding hydrogens is 215 g/mol. The SMILES string of the molecule is Fc1ccc(C2=CCC[C@@H]3CCCN[C@H]23)cn1. The Balaban J connectivity index is 1.90. The Morgan fingerprint density at radius 2 is 2.24 bits per heavy atom. The van der Waals surface area contributed by atoms with Crippen molar-refractivity contribution in [3.05, 3.63) is 35.9 Å². The fraction of sp³-hybridized carbons (Fsp3) is 0.500. The number of pyridine rings is 1. The minimum Gasteiger partial charge on any atom is -0.310 e. The third kappa shape index (κ3) is 2.12. The number of nitrogens with one attached hydrogen (secondary N) is 1. The zero-order valence-corrected chi connectivity index (χ0v) is 9.82. The first kappa shape index (κ1) is 10.9.